The topological polar surface area (TPSA) is 63.0 Å². The van der Waals surface area contributed by atoms with Gasteiger partial charge in [0.1, 0.15) is 11.3 Å². The predicted molar refractivity (Wildman–Crippen MR) is 79.7 cm³/mol. The average molecular weight is 292 g/mol. The molecule has 3 heterocycles. The first-order valence-corrected chi connectivity index (χ1v) is 7.15. The van der Waals surface area contributed by atoms with Gasteiger partial charge in [0.15, 0.2) is 16.5 Å². The highest BCUT2D eigenvalue weighted by Gasteiger charge is 2.12. The molecule has 0 radical (unpaired) electrons. The van der Waals surface area contributed by atoms with E-state index in [0.29, 0.717) is 16.9 Å². The Morgan fingerprint density at radius 1 is 1.14 bits per heavy atom. The van der Waals surface area contributed by atoms with Crippen molar-refractivity contribution in [2.75, 3.05) is 0 Å². The Balaban J connectivity index is 1.78. The van der Waals surface area contributed by atoms with E-state index < -0.39 is 0 Å². The first kappa shape index (κ1) is 11.9. The van der Waals surface area contributed by atoms with Gasteiger partial charge in [-0.2, -0.15) is 5.26 Å². The smallest absolute Gasteiger partial charge is 0.162 e. The van der Waals surface area contributed by atoms with Crippen molar-refractivity contribution in [1.29, 1.82) is 5.26 Å². The van der Waals surface area contributed by atoms with Gasteiger partial charge in [-0.15, -0.1) is 11.3 Å². The van der Waals surface area contributed by atoms with E-state index in [1.54, 1.807) is 18.4 Å². The quantitative estimate of drug-likeness (QED) is 0.537. The summed E-state index contributed by atoms with van der Waals surface area (Å²) in [4.78, 5) is 4.53. The van der Waals surface area contributed by atoms with Crippen LogP contribution in [0.3, 0.4) is 0 Å². The van der Waals surface area contributed by atoms with E-state index in [0.717, 1.165) is 21.8 Å². The molecule has 3 aromatic heterocycles. The van der Waals surface area contributed by atoms with E-state index in [-0.39, 0.29) is 0 Å². The minimum atomic E-state index is 0.581. The molecular formula is C16H8N2O2S. The Kier molecular flexibility index (Phi) is 2.62. The van der Waals surface area contributed by atoms with E-state index in [2.05, 4.69) is 11.1 Å². The first-order valence-electron chi connectivity index (χ1n) is 6.27. The van der Waals surface area contributed by atoms with Gasteiger partial charge in [0.05, 0.1) is 17.9 Å². The van der Waals surface area contributed by atoms with Crippen molar-refractivity contribution < 1.29 is 8.83 Å². The predicted octanol–water partition coefficient (Wildman–Crippen LogP) is 4.69. The molecule has 0 aliphatic rings. The Bertz CT molecular complexity index is 958. The third kappa shape index (κ3) is 2.02. The van der Waals surface area contributed by atoms with Gasteiger partial charge in [-0.25, -0.2) is 4.98 Å². The van der Waals surface area contributed by atoms with E-state index in [9.17, 15) is 0 Å². The van der Waals surface area contributed by atoms with Crippen LogP contribution in [0.25, 0.3) is 33.2 Å². The van der Waals surface area contributed by atoms with Crippen molar-refractivity contribution in [2.24, 2.45) is 0 Å². The van der Waals surface area contributed by atoms with Crippen LogP contribution < -0.4 is 0 Å². The van der Waals surface area contributed by atoms with Gasteiger partial charge in [0.25, 0.3) is 0 Å². The summed E-state index contributed by atoms with van der Waals surface area (Å²) in [5, 5.41) is 12.6. The minimum absolute atomic E-state index is 0.581. The van der Waals surface area contributed by atoms with Crippen LogP contribution in [0.5, 0.6) is 0 Å². The molecule has 4 aromatic rings. The molecule has 0 atom stereocenters. The Labute approximate surface area is 123 Å². The standard InChI is InChI=1S/C16H8N2O2S/c17-8-10-3-4-11-7-15(20-14(11)6-10)12-9-21-16(18-12)13-2-1-5-19-13/h1-7,9H. The first-order chi connectivity index (χ1) is 10.3. The maximum atomic E-state index is 8.92. The molecule has 5 heteroatoms. The van der Waals surface area contributed by atoms with Gasteiger partial charge >= 0.3 is 0 Å². The maximum Gasteiger partial charge on any atom is 0.162 e. The molecule has 0 aliphatic heterocycles. The molecule has 0 bridgehead atoms. The van der Waals surface area contributed by atoms with Crippen LogP contribution >= 0.6 is 11.3 Å². The lowest BCUT2D eigenvalue weighted by Gasteiger charge is -1.89. The van der Waals surface area contributed by atoms with Gasteiger partial charge in [-0.05, 0) is 36.4 Å². The molecule has 0 unspecified atom stereocenters. The number of fused-ring (bicyclic) bond motifs is 1. The zero-order chi connectivity index (χ0) is 14.2. The molecule has 21 heavy (non-hydrogen) atoms. The second-order valence-electron chi connectivity index (χ2n) is 4.49. The SMILES string of the molecule is N#Cc1ccc2cc(-c3csc(-c4ccco4)n3)oc2c1. The number of benzene rings is 1. The molecule has 0 aliphatic carbocycles. The van der Waals surface area contributed by atoms with Crippen LogP contribution in [0.2, 0.25) is 0 Å². The number of hydrogen-bond donors (Lipinski definition) is 0. The summed E-state index contributed by atoms with van der Waals surface area (Å²) >= 11 is 1.50. The fraction of sp³-hybridized carbons (Fsp3) is 0. The highest BCUT2D eigenvalue weighted by Crippen LogP contribution is 2.32. The fourth-order valence-corrected chi connectivity index (χ4v) is 2.90. The number of nitrogens with zero attached hydrogens (tertiary/aromatic N) is 2. The van der Waals surface area contributed by atoms with Gasteiger partial charge in [-0.3, -0.25) is 0 Å². The van der Waals surface area contributed by atoms with Crippen molar-refractivity contribution in [3.63, 3.8) is 0 Å². The highest BCUT2D eigenvalue weighted by atomic mass is 32.1. The molecule has 0 saturated heterocycles. The lowest BCUT2D eigenvalue weighted by atomic mass is 10.2. The Hall–Kier alpha value is -2.84. The minimum Gasteiger partial charge on any atom is -0.462 e. The molecule has 1 aromatic carbocycles. The molecule has 4 rings (SSSR count). The zero-order valence-corrected chi connectivity index (χ0v) is 11.6. The van der Waals surface area contributed by atoms with E-state index in [1.165, 1.54) is 11.3 Å². The monoisotopic (exact) mass is 292 g/mol. The van der Waals surface area contributed by atoms with Gasteiger partial charge in [-0.1, -0.05) is 0 Å². The van der Waals surface area contributed by atoms with E-state index in [4.69, 9.17) is 14.1 Å². The van der Waals surface area contributed by atoms with Crippen molar-refractivity contribution >= 4 is 22.3 Å². The lowest BCUT2D eigenvalue weighted by molar-refractivity contribution is 0.581. The lowest BCUT2D eigenvalue weighted by Crippen LogP contribution is -1.74. The van der Waals surface area contributed by atoms with Crippen LogP contribution in [0.4, 0.5) is 0 Å². The summed E-state index contributed by atoms with van der Waals surface area (Å²) in [7, 11) is 0. The third-order valence-corrected chi connectivity index (χ3v) is 3.99. The summed E-state index contributed by atoms with van der Waals surface area (Å²) in [6.07, 6.45) is 1.63. The second kappa shape index (κ2) is 4.62. The maximum absolute atomic E-state index is 8.92. The van der Waals surface area contributed by atoms with Gasteiger partial charge in [0.2, 0.25) is 0 Å². The summed E-state index contributed by atoms with van der Waals surface area (Å²) in [6.45, 7) is 0. The fourth-order valence-electron chi connectivity index (χ4n) is 2.13. The summed E-state index contributed by atoms with van der Waals surface area (Å²) < 4.78 is 11.1. The number of thiazole rings is 1. The van der Waals surface area contributed by atoms with Crippen molar-refractivity contribution in [3.05, 3.63) is 53.6 Å². The number of nitriles is 1. The van der Waals surface area contributed by atoms with Crippen LogP contribution in [-0.2, 0) is 0 Å². The molecule has 0 spiro atoms. The largest absolute Gasteiger partial charge is 0.462 e. The number of hydrogen-bond acceptors (Lipinski definition) is 5. The second-order valence-corrected chi connectivity index (χ2v) is 5.35. The molecule has 0 fully saturated rings. The molecule has 100 valence electrons. The molecular weight excluding hydrogens is 284 g/mol. The average Bonchev–Trinajstić information content (AvgIpc) is 3.23. The van der Waals surface area contributed by atoms with Crippen molar-refractivity contribution in [3.8, 4) is 28.3 Å². The number of furan rings is 2. The van der Waals surface area contributed by atoms with Crippen LogP contribution in [0.15, 0.2) is 56.9 Å². The summed E-state index contributed by atoms with van der Waals surface area (Å²) in [6, 6.07) is 13.1. The summed E-state index contributed by atoms with van der Waals surface area (Å²) in [5.74, 6) is 1.43. The van der Waals surface area contributed by atoms with Crippen molar-refractivity contribution in [2.45, 2.75) is 0 Å². The van der Waals surface area contributed by atoms with Gasteiger partial charge in [0, 0.05) is 10.8 Å². The molecule has 0 saturated carbocycles. The zero-order valence-electron chi connectivity index (χ0n) is 10.7. The molecule has 0 N–H and O–H groups in total. The molecule has 0 amide bonds. The molecule has 4 nitrogen and oxygen atoms in total. The normalized spacial score (nSPS) is 10.8. The number of aromatic nitrogens is 1. The Morgan fingerprint density at radius 2 is 2.10 bits per heavy atom. The summed E-state index contributed by atoms with van der Waals surface area (Å²) in [5.41, 5.74) is 2.04. The highest BCUT2D eigenvalue weighted by molar-refractivity contribution is 7.13. The van der Waals surface area contributed by atoms with Gasteiger partial charge < -0.3 is 8.83 Å². The Morgan fingerprint density at radius 3 is 2.90 bits per heavy atom. The van der Waals surface area contributed by atoms with Crippen LogP contribution in [0, 0.1) is 11.3 Å². The van der Waals surface area contributed by atoms with Crippen LogP contribution in [0.1, 0.15) is 5.56 Å². The third-order valence-electron chi connectivity index (χ3n) is 3.14. The van der Waals surface area contributed by atoms with Crippen LogP contribution in [-0.4, -0.2) is 4.98 Å². The number of rotatable bonds is 2. The van der Waals surface area contributed by atoms with E-state index in [1.807, 2.05) is 29.6 Å². The van der Waals surface area contributed by atoms with Crippen molar-refractivity contribution in [1.82, 2.24) is 4.98 Å². The van der Waals surface area contributed by atoms with E-state index >= 15 is 0 Å².